The van der Waals surface area contributed by atoms with Crippen LogP contribution in [0.15, 0.2) is 10.7 Å². The lowest BCUT2D eigenvalue weighted by Gasteiger charge is -2.49. The standard InChI is InChI=1S/C17H20O5/c1-8-7-20-13-12(8)15(21-10(3)18)16(4)9(2)5-6-11-17(16,22-11)14(13)19/h7,9,11,15H,5-6H2,1-4H3/t9-,11-,15+,16+,17-/m0/s1. The van der Waals surface area contributed by atoms with E-state index in [4.69, 9.17) is 13.9 Å². The minimum absolute atomic E-state index is 0.0851. The van der Waals surface area contributed by atoms with Crippen LogP contribution in [0.5, 0.6) is 0 Å². The molecule has 4 rings (SSSR count). The summed E-state index contributed by atoms with van der Waals surface area (Å²) in [6.45, 7) is 7.42. The van der Waals surface area contributed by atoms with Gasteiger partial charge < -0.3 is 13.9 Å². The average Bonchev–Trinajstić information content (AvgIpc) is 3.09. The molecule has 2 fully saturated rings. The summed E-state index contributed by atoms with van der Waals surface area (Å²) in [5.41, 5.74) is 0.125. The Labute approximate surface area is 129 Å². The molecule has 1 spiro atoms. The normalized spacial score (nSPS) is 42.2. The number of carbonyl (C=O) groups is 2. The zero-order valence-electron chi connectivity index (χ0n) is 13.3. The van der Waals surface area contributed by atoms with Crippen LogP contribution in [0, 0.1) is 18.3 Å². The molecule has 1 saturated heterocycles. The van der Waals surface area contributed by atoms with E-state index in [0.29, 0.717) is 5.76 Å². The first kappa shape index (κ1) is 14.0. The third-order valence-corrected chi connectivity index (χ3v) is 6.07. The monoisotopic (exact) mass is 304 g/mol. The Morgan fingerprint density at radius 2 is 2.14 bits per heavy atom. The lowest BCUT2D eigenvalue weighted by atomic mass is 9.53. The van der Waals surface area contributed by atoms with Gasteiger partial charge in [0, 0.05) is 12.5 Å². The number of rotatable bonds is 1. The maximum absolute atomic E-state index is 13.1. The van der Waals surface area contributed by atoms with Crippen LogP contribution in [0.25, 0.3) is 0 Å². The summed E-state index contributed by atoms with van der Waals surface area (Å²) >= 11 is 0. The zero-order chi connectivity index (χ0) is 15.9. The van der Waals surface area contributed by atoms with E-state index in [2.05, 4.69) is 6.92 Å². The summed E-state index contributed by atoms with van der Waals surface area (Å²) < 4.78 is 17.2. The molecule has 1 saturated carbocycles. The van der Waals surface area contributed by atoms with E-state index in [-0.39, 0.29) is 23.8 Å². The van der Waals surface area contributed by atoms with E-state index in [1.807, 2.05) is 13.8 Å². The Bertz CT molecular complexity index is 689. The number of ether oxygens (including phenoxy) is 2. The van der Waals surface area contributed by atoms with Gasteiger partial charge in [-0.15, -0.1) is 0 Å². The van der Waals surface area contributed by atoms with E-state index in [1.54, 1.807) is 6.26 Å². The third kappa shape index (κ3) is 1.34. The van der Waals surface area contributed by atoms with Gasteiger partial charge in [0.15, 0.2) is 11.4 Å². The van der Waals surface area contributed by atoms with E-state index in [0.717, 1.165) is 24.0 Å². The number of carbonyl (C=O) groups excluding carboxylic acids is 2. The molecule has 0 N–H and O–H groups in total. The van der Waals surface area contributed by atoms with Crippen molar-refractivity contribution in [3.8, 4) is 0 Å². The van der Waals surface area contributed by atoms with Crippen LogP contribution in [0.4, 0.5) is 0 Å². The lowest BCUT2D eigenvalue weighted by Crippen LogP contribution is -2.57. The van der Waals surface area contributed by atoms with Gasteiger partial charge in [-0.05, 0) is 31.2 Å². The van der Waals surface area contributed by atoms with Gasteiger partial charge in [-0.3, -0.25) is 9.59 Å². The molecule has 0 amide bonds. The number of esters is 1. The van der Waals surface area contributed by atoms with Crippen LogP contribution in [0.3, 0.4) is 0 Å². The second kappa shape index (κ2) is 4.02. The van der Waals surface area contributed by atoms with Gasteiger partial charge in [0.05, 0.1) is 17.8 Å². The molecule has 5 nitrogen and oxygen atoms in total. The fourth-order valence-corrected chi connectivity index (χ4v) is 4.66. The highest BCUT2D eigenvalue weighted by molar-refractivity contribution is 6.06. The maximum atomic E-state index is 13.1. The van der Waals surface area contributed by atoms with Crippen molar-refractivity contribution in [2.45, 2.75) is 58.3 Å². The van der Waals surface area contributed by atoms with Crippen LogP contribution in [0.1, 0.15) is 61.4 Å². The zero-order valence-corrected chi connectivity index (χ0v) is 13.3. The Balaban J connectivity index is 1.97. The van der Waals surface area contributed by atoms with Crippen LogP contribution in [0.2, 0.25) is 0 Å². The lowest BCUT2D eigenvalue weighted by molar-refractivity contribution is -0.163. The summed E-state index contributed by atoms with van der Waals surface area (Å²) in [5, 5.41) is 0. The van der Waals surface area contributed by atoms with Crippen LogP contribution < -0.4 is 0 Å². The van der Waals surface area contributed by atoms with Crippen LogP contribution >= 0.6 is 0 Å². The molecular formula is C17H20O5. The largest absolute Gasteiger partial charge is 0.460 e. The van der Waals surface area contributed by atoms with Gasteiger partial charge in [0.25, 0.3) is 0 Å². The average molecular weight is 304 g/mol. The number of hydrogen-bond acceptors (Lipinski definition) is 5. The predicted octanol–water partition coefficient (Wildman–Crippen LogP) is 2.96. The molecule has 0 radical (unpaired) electrons. The van der Waals surface area contributed by atoms with Gasteiger partial charge in [0.1, 0.15) is 6.10 Å². The summed E-state index contributed by atoms with van der Waals surface area (Å²) in [7, 11) is 0. The number of Topliss-reactive ketones (excluding diaryl/α,β-unsaturated/α-hetero) is 1. The van der Waals surface area contributed by atoms with Gasteiger partial charge in [0.2, 0.25) is 5.78 Å². The van der Waals surface area contributed by atoms with Crippen molar-refractivity contribution >= 4 is 11.8 Å². The summed E-state index contributed by atoms with van der Waals surface area (Å²) in [6, 6.07) is 0. The van der Waals surface area contributed by atoms with Crippen molar-refractivity contribution in [1.29, 1.82) is 0 Å². The molecule has 1 aromatic rings. The van der Waals surface area contributed by atoms with Crippen molar-refractivity contribution in [3.63, 3.8) is 0 Å². The minimum Gasteiger partial charge on any atom is -0.460 e. The second-order valence-corrected chi connectivity index (χ2v) is 7.08. The fourth-order valence-electron chi connectivity index (χ4n) is 4.66. The Morgan fingerprint density at radius 1 is 1.41 bits per heavy atom. The van der Waals surface area contributed by atoms with E-state index >= 15 is 0 Å². The van der Waals surface area contributed by atoms with E-state index in [1.165, 1.54) is 6.92 Å². The number of aryl methyl sites for hydroxylation is 1. The van der Waals surface area contributed by atoms with Crippen molar-refractivity contribution in [3.05, 3.63) is 23.2 Å². The van der Waals surface area contributed by atoms with E-state index in [9.17, 15) is 9.59 Å². The van der Waals surface area contributed by atoms with Crippen LogP contribution in [-0.4, -0.2) is 23.5 Å². The van der Waals surface area contributed by atoms with Crippen molar-refractivity contribution < 1.29 is 23.5 Å². The molecule has 22 heavy (non-hydrogen) atoms. The van der Waals surface area contributed by atoms with Gasteiger partial charge in [-0.2, -0.15) is 0 Å². The maximum Gasteiger partial charge on any atom is 0.303 e. The Morgan fingerprint density at radius 3 is 2.82 bits per heavy atom. The first-order chi connectivity index (χ1) is 10.3. The quantitative estimate of drug-likeness (QED) is 0.589. The molecule has 5 atom stereocenters. The minimum atomic E-state index is -0.887. The molecule has 1 aliphatic heterocycles. The number of ketones is 1. The molecule has 0 aromatic carbocycles. The van der Waals surface area contributed by atoms with Crippen molar-refractivity contribution in [1.82, 2.24) is 0 Å². The molecule has 0 unspecified atom stereocenters. The second-order valence-electron chi connectivity index (χ2n) is 7.08. The molecule has 3 aliphatic rings. The first-order valence-corrected chi connectivity index (χ1v) is 7.81. The fraction of sp³-hybridized carbons (Fsp3) is 0.647. The Hall–Kier alpha value is -1.62. The predicted molar refractivity (Wildman–Crippen MR) is 76.4 cm³/mol. The van der Waals surface area contributed by atoms with Crippen LogP contribution in [-0.2, 0) is 14.3 Å². The highest BCUT2D eigenvalue weighted by Gasteiger charge is 2.80. The third-order valence-electron chi connectivity index (χ3n) is 6.07. The van der Waals surface area contributed by atoms with E-state index < -0.39 is 17.1 Å². The first-order valence-electron chi connectivity index (χ1n) is 7.81. The van der Waals surface area contributed by atoms with Gasteiger partial charge in [-0.1, -0.05) is 13.8 Å². The summed E-state index contributed by atoms with van der Waals surface area (Å²) in [6.07, 6.45) is 2.80. The highest BCUT2D eigenvalue weighted by atomic mass is 16.6. The molecule has 2 heterocycles. The number of epoxide rings is 1. The number of hydrogen-bond donors (Lipinski definition) is 0. The molecule has 0 bridgehead atoms. The highest BCUT2D eigenvalue weighted by Crippen LogP contribution is 2.69. The van der Waals surface area contributed by atoms with Crippen molar-refractivity contribution in [2.75, 3.05) is 0 Å². The molecule has 5 heteroatoms. The number of fused-ring (bicyclic) bond motifs is 1. The topological polar surface area (TPSA) is 69.0 Å². The SMILES string of the molecule is CC(=O)O[C@@H]1c2c(C)coc2C(=O)[C@@]23O[C@H]2CC[C@H](C)[C@]13C. The van der Waals surface area contributed by atoms with Crippen molar-refractivity contribution in [2.24, 2.45) is 11.3 Å². The summed E-state index contributed by atoms with van der Waals surface area (Å²) in [4.78, 5) is 24.7. The molecule has 1 aromatic heterocycles. The smallest absolute Gasteiger partial charge is 0.303 e. The summed E-state index contributed by atoms with van der Waals surface area (Å²) in [5.74, 6) is 0.0788. The molecule has 2 aliphatic carbocycles. The van der Waals surface area contributed by atoms with Gasteiger partial charge >= 0.3 is 5.97 Å². The van der Waals surface area contributed by atoms with Gasteiger partial charge in [-0.25, -0.2) is 0 Å². The number of furan rings is 1. The Kier molecular flexibility index (Phi) is 2.56. The molecule has 118 valence electrons. The molecular weight excluding hydrogens is 284 g/mol.